The van der Waals surface area contributed by atoms with Crippen LogP contribution in [0.3, 0.4) is 0 Å². The van der Waals surface area contributed by atoms with Gasteiger partial charge in [0.05, 0.1) is 28.2 Å². The molecule has 0 bridgehead atoms. The van der Waals surface area contributed by atoms with E-state index in [1.165, 1.54) is 0 Å². The van der Waals surface area contributed by atoms with Crippen LogP contribution in [0.4, 0.5) is 0 Å². The van der Waals surface area contributed by atoms with Gasteiger partial charge < -0.3 is 14.2 Å². The number of aliphatic hydroxyl groups is 1. The Kier molecular flexibility index (Phi) is 5.69. The summed E-state index contributed by atoms with van der Waals surface area (Å²) < 4.78 is 8.66. The van der Waals surface area contributed by atoms with E-state index in [2.05, 4.69) is 146 Å². The Morgan fingerprint density at radius 2 is 0.794 bits per heavy atom. The molecule has 0 amide bonds. The molecule has 4 aromatic carbocycles. The standard InChI is InChI=1S/C27H18Br4N2O/c1-14(34)27(32-23-6-2-15(28)10-19(23)20-11-16(29)3-7-24(20)32)33-25-8-4-17(30)12-21(25)22-13-18(31)5-9-26(22)33/h2-14,27,34H,1H3. The normalized spacial score (nSPS) is 13.1. The van der Waals surface area contributed by atoms with Gasteiger partial charge in [-0.1, -0.05) is 63.7 Å². The van der Waals surface area contributed by atoms with Crippen molar-refractivity contribution >= 4 is 107 Å². The van der Waals surface area contributed by atoms with Gasteiger partial charge in [0, 0.05) is 39.4 Å². The highest BCUT2D eigenvalue weighted by atomic mass is 79.9. The molecule has 0 aliphatic rings. The monoisotopic (exact) mass is 702 g/mol. The van der Waals surface area contributed by atoms with E-state index in [-0.39, 0.29) is 6.17 Å². The van der Waals surface area contributed by atoms with Crippen LogP contribution in [0.2, 0.25) is 0 Å². The highest BCUT2D eigenvalue weighted by Crippen LogP contribution is 2.41. The SMILES string of the molecule is CC(O)C(n1c2ccc(Br)cc2c2cc(Br)ccc21)n1c2ccc(Br)cc2c2cc(Br)ccc21. The Hall–Kier alpha value is -1.64. The number of hydrogen-bond donors (Lipinski definition) is 1. The first-order valence-corrected chi connectivity index (χ1v) is 14.0. The average molecular weight is 706 g/mol. The lowest BCUT2D eigenvalue weighted by Crippen LogP contribution is -2.28. The van der Waals surface area contributed by atoms with Gasteiger partial charge in [-0.3, -0.25) is 0 Å². The number of aliphatic hydroxyl groups excluding tert-OH is 1. The van der Waals surface area contributed by atoms with Gasteiger partial charge in [-0.25, -0.2) is 0 Å². The zero-order valence-electron chi connectivity index (χ0n) is 17.9. The van der Waals surface area contributed by atoms with Crippen LogP contribution in [0.15, 0.2) is 90.7 Å². The minimum atomic E-state index is -0.655. The maximum atomic E-state index is 11.3. The summed E-state index contributed by atoms with van der Waals surface area (Å²) in [5.41, 5.74) is 4.30. The van der Waals surface area contributed by atoms with E-state index < -0.39 is 6.10 Å². The minimum Gasteiger partial charge on any atom is -0.389 e. The van der Waals surface area contributed by atoms with Crippen LogP contribution in [0.1, 0.15) is 13.1 Å². The molecule has 0 fully saturated rings. The number of aromatic nitrogens is 2. The second-order valence-electron chi connectivity index (χ2n) is 8.54. The van der Waals surface area contributed by atoms with Gasteiger partial charge >= 0.3 is 0 Å². The van der Waals surface area contributed by atoms with Gasteiger partial charge in [0.15, 0.2) is 0 Å². The fraction of sp³-hybridized carbons (Fsp3) is 0.111. The topological polar surface area (TPSA) is 30.1 Å². The number of halogens is 4. The Balaban J connectivity index is 1.79. The fourth-order valence-corrected chi connectivity index (χ4v) is 6.56. The van der Waals surface area contributed by atoms with Crippen molar-refractivity contribution in [1.82, 2.24) is 9.13 Å². The van der Waals surface area contributed by atoms with Crippen molar-refractivity contribution in [2.45, 2.75) is 19.2 Å². The molecule has 6 rings (SSSR count). The summed E-state index contributed by atoms with van der Waals surface area (Å²) in [6, 6.07) is 25.4. The molecule has 7 heteroatoms. The maximum absolute atomic E-state index is 11.3. The number of rotatable bonds is 3. The molecule has 2 heterocycles. The van der Waals surface area contributed by atoms with E-state index in [0.29, 0.717) is 0 Å². The van der Waals surface area contributed by atoms with Crippen LogP contribution in [-0.2, 0) is 0 Å². The predicted octanol–water partition coefficient (Wildman–Crippen LogP) is 9.38. The third-order valence-electron chi connectivity index (χ3n) is 6.41. The molecular formula is C27H18Br4N2O. The molecule has 0 spiro atoms. The summed E-state index contributed by atoms with van der Waals surface area (Å²) in [6.07, 6.45) is -1.01. The second-order valence-corrected chi connectivity index (χ2v) is 12.2. The Bertz CT molecular complexity index is 1500. The van der Waals surface area contributed by atoms with Gasteiger partial charge in [0.2, 0.25) is 0 Å². The second kappa shape index (κ2) is 8.49. The highest BCUT2D eigenvalue weighted by molar-refractivity contribution is 9.11. The van der Waals surface area contributed by atoms with Crippen LogP contribution in [0, 0.1) is 0 Å². The van der Waals surface area contributed by atoms with Crippen molar-refractivity contribution in [1.29, 1.82) is 0 Å². The summed E-state index contributed by atoms with van der Waals surface area (Å²) >= 11 is 14.6. The van der Waals surface area contributed by atoms with Gasteiger partial charge in [-0.15, -0.1) is 0 Å². The van der Waals surface area contributed by atoms with Crippen LogP contribution < -0.4 is 0 Å². The van der Waals surface area contributed by atoms with Crippen molar-refractivity contribution in [3.8, 4) is 0 Å². The van der Waals surface area contributed by atoms with Crippen molar-refractivity contribution < 1.29 is 5.11 Å². The van der Waals surface area contributed by atoms with Crippen molar-refractivity contribution in [2.75, 3.05) is 0 Å². The number of benzene rings is 4. The molecule has 0 saturated heterocycles. The molecule has 1 N–H and O–H groups in total. The molecule has 1 unspecified atom stereocenters. The third-order valence-corrected chi connectivity index (χ3v) is 8.39. The fourth-order valence-electron chi connectivity index (χ4n) is 5.11. The molecule has 3 nitrogen and oxygen atoms in total. The van der Waals surface area contributed by atoms with Gasteiger partial charge in [0.25, 0.3) is 0 Å². The predicted molar refractivity (Wildman–Crippen MR) is 156 cm³/mol. The van der Waals surface area contributed by atoms with E-state index >= 15 is 0 Å². The molecule has 0 aliphatic heterocycles. The molecule has 0 aliphatic carbocycles. The van der Waals surface area contributed by atoms with Crippen LogP contribution in [-0.4, -0.2) is 20.3 Å². The van der Waals surface area contributed by atoms with Crippen molar-refractivity contribution in [2.24, 2.45) is 0 Å². The zero-order chi connectivity index (χ0) is 23.7. The first-order chi connectivity index (χ1) is 16.3. The van der Waals surface area contributed by atoms with Crippen LogP contribution in [0.5, 0.6) is 0 Å². The van der Waals surface area contributed by atoms with E-state index in [4.69, 9.17) is 0 Å². The zero-order valence-corrected chi connectivity index (χ0v) is 24.3. The van der Waals surface area contributed by atoms with E-state index in [1.54, 1.807) is 0 Å². The lowest BCUT2D eigenvalue weighted by Gasteiger charge is -2.28. The molecule has 34 heavy (non-hydrogen) atoms. The molecule has 170 valence electrons. The molecule has 0 radical (unpaired) electrons. The highest BCUT2D eigenvalue weighted by Gasteiger charge is 2.27. The molecule has 2 aromatic heterocycles. The first kappa shape index (κ1) is 22.8. The summed E-state index contributed by atoms with van der Waals surface area (Å²) in [6.45, 7) is 1.87. The lowest BCUT2D eigenvalue weighted by molar-refractivity contribution is 0.123. The number of nitrogens with zero attached hydrogens (tertiary/aromatic N) is 2. The first-order valence-electron chi connectivity index (χ1n) is 10.8. The Labute approximate surface area is 229 Å². The van der Waals surface area contributed by atoms with E-state index in [0.717, 1.165) is 61.5 Å². The summed E-state index contributed by atoms with van der Waals surface area (Å²) in [5.74, 6) is 0. The molecule has 0 saturated carbocycles. The van der Waals surface area contributed by atoms with Gasteiger partial charge in [-0.2, -0.15) is 0 Å². The summed E-state index contributed by atoms with van der Waals surface area (Å²) in [4.78, 5) is 0. The minimum absolute atomic E-state index is 0.357. The average Bonchev–Trinajstić information content (AvgIpc) is 3.26. The Morgan fingerprint density at radius 1 is 0.529 bits per heavy atom. The Morgan fingerprint density at radius 3 is 1.03 bits per heavy atom. The molecular weight excluding hydrogens is 688 g/mol. The van der Waals surface area contributed by atoms with Gasteiger partial charge in [0.1, 0.15) is 6.17 Å². The maximum Gasteiger partial charge on any atom is 0.137 e. The third kappa shape index (κ3) is 3.51. The molecule has 1 atom stereocenters. The smallest absolute Gasteiger partial charge is 0.137 e. The van der Waals surface area contributed by atoms with Gasteiger partial charge in [-0.05, 0) is 79.7 Å². The van der Waals surface area contributed by atoms with Crippen molar-refractivity contribution in [3.63, 3.8) is 0 Å². The van der Waals surface area contributed by atoms with Crippen LogP contribution >= 0.6 is 63.7 Å². The van der Waals surface area contributed by atoms with Crippen LogP contribution in [0.25, 0.3) is 43.6 Å². The lowest BCUT2D eigenvalue weighted by atomic mass is 10.2. The number of fused-ring (bicyclic) bond motifs is 6. The summed E-state index contributed by atoms with van der Waals surface area (Å²) in [7, 11) is 0. The summed E-state index contributed by atoms with van der Waals surface area (Å²) in [5, 5.41) is 15.9. The van der Waals surface area contributed by atoms with E-state index in [1.807, 2.05) is 6.92 Å². The quantitative estimate of drug-likeness (QED) is 0.196. The van der Waals surface area contributed by atoms with E-state index in [9.17, 15) is 5.11 Å². The number of hydrogen-bond acceptors (Lipinski definition) is 1. The molecule has 6 aromatic rings. The van der Waals surface area contributed by atoms with Crippen molar-refractivity contribution in [3.05, 3.63) is 90.7 Å². The largest absolute Gasteiger partial charge is 0.389 e.